The summed E-state index contributed by atoms with van der Waals surface area (Å²) in [7, 11) is 0. The molecule has 1 atom stereocenters. The van der Waals surface area contributed by atoms with Gasteiger partial charge in [-0.3, -0.25) is 4.79 Å². The van der Waals surface area contributed by atoms with Crippen LogP contribution < -0.4 is 5.32 Å². The number of benzene rings is 1. The van der Waals surface area contributed by atoms with Crippen molar-refractivity contribution in [2.45, 2.75) is 25.3 Å². The SMILES string of the molecule is CC1(NC(=O)c2c(O)cccc2F)CCCOC1. The quantitative estimate of drug-likeness (QED) is 0.845. The van der Waals surface area contributed by atoms with E-state index in [0.717, 1.165) is 18.9 Å². The summed E-state index contributed by atoms with van der Waals surface area (Å²) in [6.45, 7) is 2.92. The zero-order valence-electron chi connectivity index (χ0n) is 10.2. The lowest BCUT2D eigenvalue weighted by Crippen LogP contribution is -2.51. The molecule has 1 aromatic carbocycles. The minimum absolute atomic E-state index is 0.315. The fourth-order valence-corrected chi connectivity index (χ4v) is 2.11. The van der Waals surface area contributed by atoms with E-state index in [9.17, 15) is 14.3 Å². The number of hydrogen-bond acceptors (Lipinski definition) is 3. The molecule has 1 aliphatic rings. The highest BCUT2D eigenvalue weighted by molar-refractivity contribution is 5.97. The Hall–Kier alpha value is -1.62. The van der Waals surface area contributed by atoms with Crippen LogP contribution in [-0.2, 0) is 4.74 Å². The molecule has 0 saturated carbocycles. The summed E-state index contributed by atoms with van der Waals surface area (Å²) in [5, 5.41) is 12.3. The molecule has 4 nitrogen and oxygen atoms in total. The van der Waals surface area contributed by atoms with Crippen LogP contribution in [0.2, 0.25) is 0 Å². The van der Waals surface area contributed by atoms with Gasteiger partial charge in [0.05, 0.1) is 12.1 Å². The minimum Gasteiger partial charge on any atom is -0.507 e. The fraction of sp³-hybridized carbons (Fsp3) is 0.462. The van der Waals surface area contributed by atoms with E-state index >= 15 is 0 Å². The standard InChI is InChI=1S/C13H16FNO3/c1-13(6-3-7-18-8-13)15-12(17)11-9(14)4-2-5-10(11)16/h2,4-5,16H,3,6-8H2,1H3,(H,15,17). The molecule has 0 spiro atoms. The highest BCUT2D eigenvalue weighted by Gasteiger charge is 2.31. The number of hydrogen-bond donors (Lipinski definition) is 2. The largest absolute Gasteiger partial charge is 0.507 e. The number of phenolic OH excluding ortho intramolecular Hbond substituents is 1. The number of carbonyl (C=O) groups is 1. The van der Waals surface area contributed by atoms with Crippen molar-refractivity contribution in [1.82, 2.24) is 5.32 Å². The first kappa shape index (κ1) is 12.8. The molecule has 1 heterocycles. The summed E-state index contributed by atoms with van der Waals surface area (Å²) in [4.78, 5) is 12.0. The third kappa shape index (κ3) is 2.61. The summed E-state index contributed by atoms with van der Waals surface area (Å²) < 4.78 is 18.8. The van der Waals surface area contributed by atoms with Gasteiger partial charge in [-0.1, -0.05) is 6.07 Å². The first-order chi connectivity index (χ1) is 8.52. The molecule has 0 aliphatic carbocycles. The van der Waals surface area contributed by atoms with Gasteiger partial charge < -0.3 is 15.2 Å². The molecule has 98 valence electrons. The van der Waals surface area contributed by atoms with Crippen molar-refractivity contribution in [2.75, 3.05) is 13.2 Å². The van der Waals surface area contributed by atoms with Gasteiger partial charge in [0, 0.05) is 6.61 Å². The number of aromatic hydroxyl groups is 1. The molecule has 1 unspecified atom stereocenters. The molecule has 0 bridgehead atoms. The number of nitrogens with one attached hydrogen (secondary N) is 1. The van der Waals surface area contributed by atoms with E-state index in [0.29, 0.717) is 13.2 Å². The molecule has 1 amide bonds. The van der Waals surface area contributed by atoms with E-state index in [4.69, 9.17) is 4.74 Å². The number of amides is 1. The van der Waals surface area contributed by atoms with E-state index in [1.807, 2.05) is 6.92 Å². The van der Waals surface area contributed by atoms with Crippen molar-refractivity contribution >= 4 is 5.91 Å². The van der Waals surface area contributed by atoms with Gasteiger partial charge in [0.1, 0.15) is 17.1 Å². The van der Waals surface area contributed by atoms with Gasteiger partial charge in [-0.2, -0.15) is 0 Å². The third-order valence-electron chi connectivity index (χ3n) is 3.07. The first-order valence-corrected chi connectivity index (χ1v) is 5.90. The Morgan fingerprint density at radius 1 is 1.56 bits per heavy atom. The fourth-order valence-electron chi connectivity index (χ4n) is 2.11. The van der Waals surface area contributed by atoms with E-state index in [2.05, 4.69) is 5.32 Å². The normalized spacial score (nSPS) is 23.7. The van der Waals surface area contributed by atoms with Gasteiger partial charge >= 0.3 is 0 Å². The predicted octanol–water partition coefficient (Wildman–Crippen LogP) is 1.83. The molecule has 2 rings (SSSR count). The summed E-state index contributed by atoms with van der Waals surface area (Å²) in [5.41, 5.74) is -0.825. The first-order valence-electron chi connectivity index (χ1n) is 5.90. The van der Waals surface area contributed by atoms with Crippen LogP contribution in [0.1, 0.15) is 30.1 Å². The minimum atomic E-state index is -0.729. The lowest BCUT2D eigenvalue weighted by molar-refractivity contribution is 0.0271. The van der Waals surface area contributed by atoms with Crippen molar-refractivity contribution in [1.29, 1.82) is 0 Å². The molecular weight excluding hydrogens is 237 g/mol. The smallest absolute Gasteiger partial charge is 0.258 e. The molecular formula is C13H16FNO3. The summed E-state index contributed by atoms with van der Waals surface area (Å²) in [6, 6.07) is 3.79. The van der Waals surface area contributed by atoms with Crippen molar-refractivity contribution < 1.29 is 19.0 Å². The molecule has 1 fully saturated rings. The van der Waals surface area contributed by atoms with Crippen LogP contribution in [0.5, 0.6) is 5.75 Å². The Morgan fingerprint density at radius 3 is 2.94 bits per heavy atom. The third-order valence-corrected chi connectivity index (χ3v) is 3.07. The Balaban J connectivity index is 2.17. The Kier molecular flexibility index (Phi) is 3.52. The van der Waals surface area contributed by atoms with Crippen LogP contribution in [0.4, 0.5) is 4.39 Å². The zero-order valence-corrected chi connectivity index (χ0v) is 10.2. The van der Waals surface area contributed by atoms with E-state index in [-0.39, 0.29) is 11.3 Å². The van der Waals surface area contributed by atoms with Crippen molar-refractivity contribution in [3.8, 4) is 5.75 Å². The lowest BCUT2D eigenvalue weighted by Gasteiger charge is -2.34. The molecule has 1 saturated heterocycles. The highest BCUT2D eigenvalue weighted by Crippen LogP contribution is 2.23. The van der Waals surface area contributed by atoms with E-state index in [1.54, 1.807) is 0 Å². The topological polar surface area (TPSA) is 58.6 Å². The second-order valence-electron chi connectivity index (χ2n) is 4.80. The second-order valence-corrected chi connectivity index (χ2v) is 4.80. The Labute approximate surface area is 105 Å². The number of carbonyl (C=O) groups excluding carboxylic acids is 1. The molecule has 18 heavy (non-hydrogen) atoms. The number of rotatable bonds is 2. The van der Waals surface area contributed by atoms with Gasteiger partial charge in [-0.15, -0.1) is 0 Å². The molecule has 5 heteroatoms. The summed E-state index contributed by atoms with van der Waals surface area (Å²) in [6.07, 6.45) is 1.62. The van der Waals surface area contributed by atoms with Crippen molar-refractivity contribution in [3.63, 3.8) is 0 Å². The Morgan fingerprint density at radius 2 is 2.33 bits per heavy atom. The average Bonchev–Trinajstić information content (AvgIpc) is 2.28. The monoisotopic (exact) mass is 253 g/mol. The predicted molar refractivity (Wildman–Crippen MR) is 64.0 cm³/mol. The highest BCUT2D eigenvalue weighted by atomic mass is 19.1. The molecule has 2 N–H and O–H groups in total. The average molecular weight is 253 g/mol. The summed E-state index contributed by atoms with van der Waals surface area (Å²) >= 11 is 0. The van der Waals surface area contributed by atoms with Crippen LogP contribution in [-0.4, -0.2) is 29.8 Å². The van der Waals surface area contributed by atoms with Gasteiger partial charge in [-0.25, -0.2) is 4.39 Å². The molecule has 0 aromatic heterocycles. The molecule has 0 radical (unpaired) electrons. The van der Waals surface area contributed by atoms with Gasteiger partial charge in [0.25, 0.3) is 5.91 Å². The van der Waals surface area contributed by atoms with Gasteiger partial charge in [-0.05, 0) is 31.9 Å². The van der Waals surface area contributed by atoms with Crippen molar-refractivity contribution in [2.24, 2.45) is 0 Å². The molecule has 1 aliphatic heterocycles. The van der Waals surface area contributed by atoms with Crippen LogP contribution in [0.25, 0.3) is 0 Å². The second kappa shape index (κ2) is 4.94. The summed E-state index contributed by atoms with van der Waals surface area (Å²) in [5.74, 6) is -1.70. The van der Waals surface area contributed by atoms with E-state index in [1.165, 1.54) is 12.1 Å². The zero-order chi connectivity index (χ0) is 13.2. The van der Waals surface area contributed by atoms with Crippen LogP contribution >= 0.6 is 0 Å². The number of halogens is 1. The van der Waals surface area contributed by atoms with Crippen LogP contribution in [0.3, 0.4) is 0 Å². The van der Waals surface area contributed by atoms with E-state index < -0.39 is 17.3 Å². The number of phenols is 1. The maximum atomic E-state index is 13.5. The van der Waals surface area contributed by atoms with Crippen LogP contribution in [0, 0.1) is 5.82 Å². The van der Waals surface area contributed by atoms with Gasteiger partial charge in [0.2, 0.25) is 0 Å². The Bertz CT molecular complexity index is 435. The van der Waals surface area contributed by atoms with Crippen molar-refractivity contribution in [3.05, 3.63) is 29.6 Å². The van der Waals surface area contributed by atoms with Gasteiger partial charge in [0.15, 0.2) is 0 Å². The maximum Gasteiger partial charge on any atom is 0.258 e. The number of ether oxygens (including phenoxy) is 1. The van der Waals surface area contributed by atoms with Crippen LogP contribution in [0.15, 0.2) is 18.2 Å². The molecule has 1 aromatic rings. The lowest BCUT2D eigenvalue weighted by atomic mass is 9.94. The maximum absolute atomic E-state index is 13.5.